The summed E-state index contributed by atoms with van der Waals surface area (Å²) in [7, 11) is 0. The number of hydrogen-bond acceptors (Lipinski definition) is 8. The molecule has 0 radical (unpaired) electrons. The number of oxazole rings is 1. The van der Waals surface area contributed by atoms with E-state index in [1.807, 2.05) is 35.9 Å². The van der Waals surface area contributed by atoms with Gasteiger partial charge in [0.2, 0.25) is 0 Å². The second kappa shape index (κ2) is 13.0. The Morgan fingerprint density at radius 1 is 1.15 bits per heavy atom. The van der Waals surface area contributed by atoms with E-state index in [4.69, 9.17) is 9.40 Å². The molecule has 40 heavy (non-hydrogen) atoms. The molecule has 0 saturated heterocycles. The lowest BCUT2D eigenvalue weighted by Crippen LogP contribution is -2.37. The highest BCUT2D eigenvalue weighted by Crippen LogP contribution is 2.21. The fourth-order valence-electron chi connectivity index (χ4n) is 5.27. The molecule has 5 rings (SSSR count). The van der Waals surface area contributed by atoms with Crippen LogP contribution in [0.3, 0.4) is 0 Å². The van der Waals surface area contributed by atoms with E-state index in [-0.39, 0.29) is 6.01 Å². The predicted molar refractivity (Wildman–Crippen MR) is 156 cm³/mol. The Kier molecular flexibility index (Phi) is 8.95. The van der Waals surface area contributed by atoms with Crippen LogP contribution in [-0.4, -0.2) is 67.9 Å². The number of benzene rings is 1. The van der Waals surface area contributed by atoms with Crippen molar-refractivity contribution in [3.8, 4) is 0 Å². The minimum absolute atomic E-state index is 0.231. The number of aryl methyl sites for hydroxylation is 4. The number of fused-ring (bicyclic) bond motifs is 2. The van der Waals surface area contributed by atoms with Gasteiger partial charge in [0.1, 0.15) is 17.4 Å². The minimum atomic E-state index is -0.923. The Morgan fingerprint density at radius 3 is 2.83 bits per heavy atom. The summed E-state index contributed by atoms with van der Waals surface area (Å²) in [4.78, 5) is 23.7. The third kappa shape index (κ3) is 7.18. The first-order valence-corrected chi connectivity index (χ1v) is 14.3. The largest absolute Gasteiger partial charge is 0.480 e. The SMILES string of the molecule is Cc1cc(C)n(CCN(CCCCc2ccc3c(n2)NCCC3)CC[C@H](Nc2nc3ccccc3o2)C(=O)O)n1. The summed E-state index contributed by atoms with van der Waals surface area (Å²) in [5.74, 6) is 0.120. The van der Waals surface area contributed by atoms with Gasteiger partial charge in [-0.2, -0.15) is 10.1 Å². The van der Waals surface area contributed by atoms with Crippen molar-refractivity contribution in [3.05, 3.63) is 65.1 Å². The van der Waals surface area contributed by atoms with E-state index in [2.05, 4.69) is 50.7 Å². The van der Waals surface area contributed by atoms with Crippen LogP contribution in [-0.2, 0) is 24.2 Å². The molecular formula is C30H39N7O3. The Bertz CT molecular complexity index is 1400. The number of anilines is 2. The second-order valence-corrected chi connectivity index (χ2v) is 10.6. The van der Waals surface area contributed by atoms with Crippen LogP contribution in [0.1, 0.15) is 48.3 Å². The van der Waals surface area contributed by atoms with E-state index >= 15 is 0 Å². The molecule has 10 nitrogen and oxygen atoms in total. The third-order valence-corrected chi connectivity index (χ3v) is 7.46. The van der Waals surface area contributed by atoms with Crippen molar-refractivity contribution in [2.24, 2.45) is 0 Å². The van der Waals surface area contributed by atoms with E-state index in [0.717, 1.165) is 81.2 Å². The molecule has 0 fully saturated rings. The van der Waals surface area contributed by atoms with Gasteiger partial charge in [0.15, 0.2) is 5.58 Å². The van der Waals surface area contributed by atoms with Gasteiger partial charge < -0.3 is 25.1 Å². The number of carboxylic acid groups (broad SMARTS) is 1. The number of nitrogens with zero attached hydrogens (tertiary/aromatic N) is 5. The molecule has 3 aromatic heterocycles. The Morgan fingerprint density at radius 2 is 2.02 bits per heavy atom. The van der Waals surface area contributed by atoms with Crippen LogP contribution in [0.4, 0.5) is 11.8 Å². The maximum absolute atomic E-state index is 12.1. The molecule has 0 bridgehead atoms. The Labute approximate surface area is 234 Å². The Hall–Kier alpha value is -3.92. The quantitative estimate of drug-likeness (QED) is 0.194. The third-order valence-electron chi connectivity index (χ3n) is 7.46. The molecule has 0 spiro atoms. The minimum Gasteiger partial charge on any atom is -0.480 e. The molecule has 10 heteroatoms. The molecule has 1 aromatic carbocycles. The molecule has 0 amide bonds. The zero-order valence-corrected chi connectivity index (χ0v) is 23.4. The fourth-order valence-corrected chi connectivity index (χ4v) is 5.27. The number of nitrogens with one attached hydrogen (secondary N) is 2. The van der Waals surface area contributed by atoms with Gasteiger partial charge in [0.05, 0.1) is 12.2 Å². The van der Waals surface area contributed by atoms with Gasteiger partial charge in [-0.25, -0.2) is 9.78 Å². The first-order valence-electron chi connectivity index (χ1n) is 14.3. The van der Waals surface area contributed by atoms with Crippen LogP contribution >= 0.6 is 0 Å². The van der Waals surface area contributed by atoms with Gasteiger partial charge in [0, 0.05) is 31.0 Å². The van der Waals surface area contributed by atoms with Gasteiger partial charge >= 0.3 is 5.97 Å². The predicted octanol–water partition coefficient (Wildman–Crippen LogP) is 4.67. The maximum atomic E-state index is 12.1. The first-order chi connectivity index (χ1) is 19.4. The van der Waals surface area contributed by atoms with Crippen LogP contribution in [0.5, 0.6) is 0 Å². The lowest BCUT2D eigenvalue weighted by Gasteiger charge is -2.24. The standard InChI is InChI=1S/C30H39N7O3/c1-21-20-22(2)37(35-21)19-18-36(16-6-5-9-24-13-12-23-8-7-15-31-28(23)32-24)17-14-26(29(38)39)34-30-33-25-10-3-4-11-27(25)40-30/h3-4,10-13,20,26H,5-9,14-19H2,1-2H3,(H,31,32)(H,33,34)(H,38,39)/t26-/m0/s1. The number of aromatic nitrogens is 4. The summed E-state index contributed by atoms with van der Waals surface area (Å²) in [6.07, 6.45) is 5.62. The van der Waals surface area contributed by atoms with E-state index in [1.165, 1.54) is 5.56 Å². The molecule has 1 atom stereocenters. The van der Waals surface area contributed by atoms with E-state index in [0.29, 0.717) is 24.1 Å². The monoisotopic (exact) mass is 545 g/mol. The summed E-state index contributed by atoms with van der Waals surface area (Å²) < 4.78 is 7.74. The van der Waals surface area contributed by atoms with Crippen molar-refractivity contribution in [2.45, 2.75) is 65.0 Å². The molecular weight excluding hydrogens is 506 g/mol. The number of carbonyl (C=O) groups is 1. The van der Waals surface area contributed by atoms with Crippen LogP contribution in [0.15, 0.2) is 46.9 Å². The molecule has 4 heterocycles. The number of carboxylic acids is 1. The number of para-hydroxylation sites is 2. The van der Waals surface area contributed by atoms with Gasteiger partial charge in [-0.3, -0.25) is 4.68 Å². The lowest BCUT2D eigenvalue weighted by molar-refractivity contribution is -0.138. The lowest BCUT2D eigenvalue weighted by atomic mass is 10.1. The van der Waals surface area contributed by atoms with Crippen molar-refractivity contribution in [1.82, 2.24) is 24.6 Å². The van der Waals surface area contributed by atoms with Crippen molar-refractivity contribution in [2.75, 3.05) is 36.8 Å². The number of unbranched alkanes of at least 4 members (excludes halogenated alkanes) is 1. The Balaban J connectivity index is 1.18. The van der Waals surface area contributed by atoms with E-state index in [1.54, 1.807) is 0 Å². The molecule has 0 unspecified atom stereocenters. The summed E-state index contributed by atoms with van der Waals surface area (Å²) >= 11 is 0. The first kappa shape index (κ1) is 27.6. The normalized spacial score (nSPS) is 13.8. The molecule has 4 aromatic rings. The number of hydrogen-bond donors (Lipinski definition) is 3. The van der Waals surface area contributed by atoms with Crippen LogP contribution < -0.4 is 10.6 Å². The fraction of sp³-hybridized carbons (Fsp3) is 0.467. The summed E-state index contributed by atoms with van der Waals surface area (Å²) in [5, 5.41) is 20.9. The van der Waals surface area contributed by atoms with Crippen molar-refractivity contribution < 1.29 is 14.3 Å². The number of pyridine rings is 1. The average Bonchev–Trinajstić information content (AvgIpc) is 3.51. The second-order valence-electron chi connectivity index (χ2n) is 10.6. The molecule has 1 aliphatic heterocycles. The smallest absolute Gasteiger partial charge is 0.326 e. The number of aliphatic carboxylic acids is 1. The topological polar surface area (TPSA) is 121 Å². The molecule has 0 saturated carbocycles. The summed E-state index contributed by atoms with van der Waals surface area (Å²) in [6, 6.07) is 13.3. The van der Waals surface area contributed by atoms with Gasteiger partial charge in [-0.15, -0.1) is 0 Å². The van der Waals surface area contributed by atoms with E-state index in [9.17, 15) is 9.90 Å². The highest BCUT2D eigenvalue weighted by atomic mass is 16.4. The average molecular weight is 546 g/mol. The number of rotatable bonds is 14. The molecule has 3 N–H and O–H groups in total. The highest BCUT2D eigenvalue weighted by molar-refractivity contribution is 5.78. The summed E-state index contributed by atoms with van der Waals surface area (Å²) in [5.41, 5.74) is 5.89. The van der Waals surface area contributed by atoms with Crippen LogP contribution in [0.2, 0.25) is 0 Å². The van der Waals surface area contributed by atoms with E-state index < -0.39 is 12.0 Å². The van der Waals surface area contributed by atoms with Gasteiger partial charge in [-0.05, 0) is 88.7 Å². The van der Waals surface area contributed by atoms with Crippen molar-refractivity contribution in [3.63, 3.8) is 0 Å². The summed E-state index contributed by atoms with van der Waals surface area (Å²) in [6.45, 7) is 8.11. The van der Waals surface area contributed by atoms with Crippen LogP contribution in [0, 0.1) is 13.8 Å². The van der Waals surface area contributed by atoms with Crippen molar-refractivity contribution in [1.29, 1.82) is 0 Å². The van der Waals surface area contributed by atoms with Gasteiger partial charge in [-0.1, -0.05) is 18.2 Å². The van der Waals surface area contributed by atoms with Crippen molar-refractivity contribution >= 4 is 28.9 Å². The molecule has 1 aliphatic rings. The maximum Gasteiger partial charge on any atom is 0.326 e. The molecule has 212 valence electrons. The highest BCUT2D eigenvalue weighted by Gasteiger charge is 2.21. The zero-order valence-electron chi connectivity index (χ0n) is 23.4. The molecule has 0 aliphatic carbocycles. The zero-order chi connectivity index (χ0) is 27.9. The van der Waals surface area contributed by atoms with Crippen LogP contribution in [0.25, 0.3) is 11.1 Å². The van der Waals surface area contributed by atoms with Gasteiger partial charge in [0.25, 0.3) is 6.01 Å².